The Balaban J connectivity index is 2.56. The maximum Gasteiger partial charge on any atom is 0.0606 e. The molecule has 2 nitrogen and oxygen atoms in total. The fourth-order valence-corrected chi connectivity index (χ4v) is 2.00. The predicted octanol–water partition coefficient (Wildman–Crippen LogP) is 2.44. The number of aliphatic hydroxyl groups excluding tert-OH is 1. The largest absolute Gasteiger partial charge is 0.393 e. The van der Waals surface area contributed by atoms with Crippen molar-refractivity contribution in [2.24, 2.45) is 0 Å². The van der Waals surface area contributed by atoms with Gasteiger partial charge < -0.3 is 10.4 Å². The second-order valence-electron chi connectivity index (χ2n) is 3.74. The minimum absolute atomic E-state index is 0.245. The van der Waals surface area contributed by atoms with Crippen LogP contribution in [0.2, 0.25) is 0 Å². The molecule has 1 aromatic carbocycles. The lowest BCUT2D eigenvalue weighted by Gasteiger charge is -2.11. The van der Waals surface area contributed by atoms with Crippen LogP contribution in [-0.4, -0.2) is 24.0 Å². The van der Waals surface area contributed by atoms with Crippen LogP contribution in [0.1, 0.15) is 25.5 Å². The first kappa shape index (κ1) is 12.6. The zero-order chi connectivity index (χ0) is 11.3. The Labute approximate surface area is 96.1 Å². The summed E-state index contributed by atoms with van der Waals surface area (Å²) in [5, 5.41) is 12.4. The molecule has 0 aromatic heterocycles. The van der Waals surface area contributed by atoms with Crippen molar-refractivity contribution in [3.05, 3.63) is 29.8 Å². The molecular formula is C12H19NOS. The maximum atomic E-state index is 9.16. The highest BCUT2D eigenvalue weighted by molar-refractivity contribution is 7.99. The summed E-state index contributed by atoms with van der Waals surface area (Å²) < 4.78 is 0. The molecule has 15 heavy (non-hydrogen) atoms. The molecule has 0 bridgehead atoms. The summed E-state index contributed by atoms with van der Waals surface area (Å²) in [5.74, 6) is 0.751. The molecule has 0 radical (unpaired) electrons. The molecule has 0 spiro atoms. The third kappa shape index (κ3) is 4.24. The van der Waals surface area contributed by atoms with Gasteiger partial charge in [0.2, 0.25) is 0 Å². The highest BCUT2D eigenvalue weighted by Gasteiger charge is 2.02. The summed E-state index contributed by atoms with van der Waals surface area (Å²) in [5.41, 5.74) is 1.29. The maximum absolute atomic E-state index is 9.16. The van der Waals surface area contributed by atoms with Crippen molar-refractivity contribution in [3.63, 3.8) is 0 Å². The molecule has 0 aliphatic rings. The molecule has 0 saturated heterocycles. The molecule has 1 aromatic rings. The zero-order valence-corrected chi connectivity index (χ0v) is 10.3. The predicted molar refractivity (Wildman–Crippen MR) is 66.3 cm³/mol. The van der Waals surface area contributed by atoms with Crippen LogP contribution in [-0.2, 0) is 0 Å². The fraction of sp³-hybridized carbons (Fsp3) is 0.500. The van der Waals surface area contributed by atoms with Crippen LogP contribution >= 0.6 is 11.8 Å². The number of hydrogen-bond acceptors (Lipinski definition) is 3. The van der Waals surface area contributed by atoms with Crippen molar-refractivity contribution in [3.8, 4) is 0 Å². The van der Waals surface area contributed by atoms with Crippen LogP contribution in [0, 0.1) is 0 Å². The van der Waals surface area contributed by atoms with Crippen LogP contribution in [0.3, 0.4) is 0 Å². The van der Waals surface area contributed by atoms with Crippen molar-refractivity contribution >= 4 is 11.8 Å². The van der Waals surface area contributed by atoms with E-state index in [1.807, 2.05) is 14.0 Å². The Hall–Kier alpha value is -0.510. The molecule has 0 aliphatic carbocycles. The van der Waals surface area contributed by atoms with Gasteiger partial charge in [-0.3, -0.25) is 0 Å². The van der Waals surface area contributed by atoms with Gasteiger partial charge in [0.05, 0.1) is 6.10 Å². The van der Waals surface area contributed by atoms with Crippen LogP contribution < -0.4 is 5.32 Å². The summed E-state index contributed by atoms with van der Waals surface area (Å²) >= 11 is 1.69. The summed E-state index contributed by atoms with van der Waals surface area (Å²) in [4.78, 5) is 1.21. The number of benzene rings is 1. The monoisotopic (exact) mass is 225 g/mol. The van der Waals surface area contributed by atoms with Gasteiger partial charge in [0.25, 0.3) is 0 Å². The second-order valence-corrected chi connectivity index (χ2v) is 4.83. The van der Waals surface area contributed by atoms with E-state index in [1.54, 1.807) is 11.8 Å². The van der Waals surface area contributed by atoms with Gasteiger partial charge in [0.1, 0.15) is 0 Å². The highest BCUT2D eigenvalue weighted by Crippen LogP contribution is 2.21. The lowest BCUT2D eigenvalue weighted by molar-refractivity contribution is 0.220. The van der Waals surface area contributed by atoms with E-state index in [0.29, 0.717) is 6.04 Å². The number of hydrogen-bond donors (Lipinski definition) is 2. The quantitative estimate of drug-likeness (QED) is 0.755. The fourth-order valence-electron chi connectivity index (χ4n) is 1.24. The molecule has 0 fully saturated rings. The van der Waals surface area contributed by atoms with Crippen molar-refractivity contribution in [2.75, 3.05) is 12.8 Å². The first-order valence-corrected chi connectivity index (χ1v) is 6.20. The number of thioether (sulfide) groups is 1. The lowest BCUT2D eigenvalue weighted by Crippen LogP contribution is -2.11. The molecule has 0 aliphatic heterocycles. The molecule has 0 saturated carbocycles. The minimum atomic E-state index is -0.245. The van der Waals surface area contributed by atoms with E-state index in [-0.39, 0.29) is 6.10 Å². The van der Waals surface area contributed by atoms with Crippen molar-refractivity contribution in [1.29, 1.82) is 0 Å². The van der Waals surface area contributed by atoms with Gasteiger partial charge in [-0.15, -0.1) is 11.8 Å². The van der Waals surface area contributed by atoms with E-state index in [0.717, 1.165) is 5.75 Å². The van der Waals surface area contributed by atoms with Crippen molar-refractivity contribution < 1.29 is 5.11 Å². The van der Waals surface area contributed by atoms with Crippen molar-refractivity contribution in [1.82, 2.24) is 5.32 Å². The third-order valence-corrected chi connectivity index (χ3v) is 3.56. The second kappa shape index (κ2) is 6.16. The summed E-state index contributed by atoms with van der Waals surface area (Å²) in [6.45, 7) is 3.95. The van der Waals surface area contributed by atoms with E-state index in [2.05, 4.69) is 36.5 Å². The Morgan fingerprint density at radius 3 is 2.33 bits per heavy atom. The normalized spacial score (nSPS) is 14.9. The summed E-state index contributed by atoms with van der Waals surface area (Å²) in [6, 6.07) is 8.87. The van der Waals surface area contributed by atoms with Crippen LogP contribution in [0.15, 0.2) is 29.2 Å². The SMILES string of the molecule is CNC(C)c1ccc(SCC(C)O)cc1. The van der Waals surface area contributed by atoms with Gasteiger partial charge in [-0.2, -0.15) is 0 Å². The molecular weight excluding hydrogens is 206 g/mol. The smallest absolute Gasteiger partial charge is 0.0606 e. The van der Waals surface area contributed by atoms with E-state index in [4.69, 9.17) is 5.11 Å². The molecule has 2 unspecified atom stereocenters. The van der Waals surface area contributed by atoms with Crippen LogP contribution in [0.4, 0.5) is 0 Å². The minimum Gasteiger partial charge on any atom is -0.393 e. The topological polar surface area (TPSA) is 32.3 Å². The lowest BCUT2D eigenvalue weighted by atomic mass is 10.1. The average Bonchev–Trinajstić information content (AvgIpc) is 2.26. The van der Waals surface area contributed by atoms with Gasteiger partial charge in [-0.1, -0.05) is 12.1 Å². The first-order chi connectivity index (χ1) is 7.13. The highest BCUT2D eigenvalue weighted by atomic mass is 32.2. The Bertz CT molecular complexity index is 284. The molecule has 0 amide bonds. The van der Waals surface area contributed by atoms with Crippen LogP contribution in [0.25, 0.3) is 0 Å². The van der Waals surface area contributed by atoms with Gasteiger partial charge in [0, 0.05) is 16.7 Å². The molecule has 1 rings (SSSR count). The van der Waals surface area contributed by atoms with E-state index < -0.39 is 0 Å². The van der Waals surface area contributed by atoms with Crippen LogP contribution in [0.5, 0.6) is 0 Å². The van der Waals surface area contributed by atoms with Gasteiger partial charge >= 0.3 is 0 Å². The molecule has 0 heterocycles. The Kier molecular flexibility index (Phi) is 5.15. The third-order valence-electron chi connectivity index (χ3n) is 2.30. The van der Waals surface area contributed by atoms with Gasteiger partial charge in [-0.25, -0.2) is 0 Å². The molecule has 2 atom stereocenters. The van der Waals surface area contributed by atoms with E-state index >= 15 is 0 Å². The van der Waals surface area contributed by atoms with Gasteiger partial charge in [0.15, 0.2) is 0 Å². The van der Waals surface area contributed by atoms with Gasteiger partial charge in [-0.05, 0) is 38.6 Å². The summed E-state index contributed by atoms with van der Waals surface area (Å²) in [7, 11) is 1.96. The Morgan fingerprint density at radius 1 is 1.27 bits per heavy atom. The standard InChI is InChI=1S/C12H19NOS/c1-9(14)8-15-12-6-4-11(5-7-12)10(2)13-3/h4-7,9-10,13-14H,8H2,1-3H3. The number of rotatable bonds is 5. The van der Waals surface area contributed by atoms with Crippen molar-refractivity contribution in [2.45, 2.75) is 30.9 Å². The molecule has 2 N–H and O–H groups in total. The van der Waals surface area contributed by atoms with E-state index in [9.17, 15) is 0 Å². The average molecular weight is 225 g/mol. The molecule has 84 valence electrons. The number of nitrogens with one attached hydrogen (secondary N) is 1. The molecule has 3 heteroatoms. The zero-order valence-electron chi connectivity index (χ0n) is 9.53. The summed E-state index contributed by atoms with van der Waals surface area (Å²) in [6.07, 6.45) is -0.245. The number of aliphatic hydroxyl groups is 1. The Morgan fingerprint density at radius 2 is 1.87 bits per heavy atom. The first-order valence-electron chi connectivity index (χ1n) is 5.21. The van der Waals surface area contributed by atoms with E-state index in [1.165, 1.54) is 10.5 Å².